The summed E-state index contributed by atoms with van der Waals surface area (Å²) < 4.78 is 16.4. The topological polar surface area (TPSA) is 55.3 Å². The summed E-state index contributed by atoms with van der Waals surface area (Å²) in [6.45, 7) is 7.27. The number of guanidine groups is 1. The molecule has 1 N–H and O–H groups in total. The molecular formula is C19H31N3O3. The Morgan fingerprint density at radius 1 is 1.08 bits per heavy atom. The molecule has 1 aliphatic rings. The van der Waals surface area contributed by atoms with Gasteiger partial charge in [-0.15, -0.1) is 0 Å². The third-order valence-electron chi connectivity index (χ3n) is 4.60. The quantitative estimate of drug-likeness (QED) is 0.654. The van der Waals surface area contributed by atoms with Crippen LogP contribution in [0.25, 0.3) is 0 Å². The molecule has 6 nitrogen and oxygen atoms in total. The Morgan fingerprint density at radius 2 is 1.72 bits per heavy atom. The number of nitrogens with zero attached hydrogens (tertiary/aromatic N) is 2. The zero-order valence-corrected chi connectivity index (χ0v) is 16.3. The monoisotopic (exact) mass is 349 g/mol. The van der Waals surface area contributed by atoms with E-state index < -0.39 is 0 Å². The molecule has 1 saturated heterocycles. The molecule has 140 valence electrons. The Bertz CT molecular complexity index is 594. The molecular weight excluding hydrogens is 318 g/mol. The smallest absolute Gasteiger partial charge is 0.203 e. The van der Waals surface area contributed by atoms with E-state index in [4.69, 9.17) is 14.2 Å². The van der Waals surface area contributed by atoms with Gasteiger partial charge in [0.1, 0.15) is 0 Å². The molecule has 0 bridgehead atoms. The maximum atomic E-state index is 5.56. The second-order valence-corrected chi connectivity index (χ2v) is 6.75. The van der Waals surface area contributed by atoms with Crippen LogP contribution in [0.3, 0.4) is 0 Å². The maximum Gasteiger partial charge on any atom is 0.203 e. The molecule has 0 spiro atoms. The van der Waals surface area contributed by atoms with Crippen LogP contribution in [-0.4, -0.2) is 52.3 Å². The first-order chi connectivity index (χ1) is 12.0. The summed E-state index contributed by atoms with van der Waals surface area (Å²) in [4.78, 5) is 6.80. The minimum atomic E-state index is 0.607. The van der Waals surface area contributed by atoms with Gasteiger partial charge in [-0.25, -0.2) is 0 Å². The highest BCUT2D eigenvalue weighted by Gasteiger charge is 2.24. The number of hydrogen-bond donors (Lipinski definition) is 1. The van der Waals surface area contributed by atoms with Crippen LogP contribution in [0.5, 0.6) is 17.2 Å². The van der Waals surface area contributed by atoms with Crippen molar-refractivity contribution in [2.24, 2.45) is 16.8 Å². The molecule has 0 aromatic heterocycles. The summed E-state index contributed by atoms with van der Waals surface area (Å²) in [7, 11) is 6.71. The average molecular weight is 349 g/mol. The molecule has 6 heteroatoms. The molecule has 2 unspecified atom stereocenters. The Morgan fingerprint density at radius 3 is 2.24 bits per heavy atom. The van der Waals surface area contributed by atoms with Crippen LogP contribution in [0, 0.1) is 11.8 Å². The van der Waals surface area contributed by atoms with E-state index in [1.807, 2.05) is 19.2 Å². The van der Waals surface area contributed by atoms with Gasteiger partial charge < -0.3 is 24.4 Å². The molecule has 2 rings (SSSR count). The largest absolute Gasteiger partial charge is 0.493 e. The van der Waals surface area contributed by atoms with Crippen LogP contribution in [-0.2, 0) is 6.54 Å². The molecule has 0 aliphatic carbocycles. The summed E-state index contributed by atoms with van der Waals surface area (Å²) in [6.07, 6.45) is 1.27. The zero-order chi connectivity index (χ0) is 18.4. The molecule has 25 heavy (non-hydrogen) atoms. The van der Waals surface area contributed by atoms with Gasteiger partial charge in [-0.3, -0.25) is 4.99 Å². The van der Waals surface area contributed by atoms with E-state index in [0.717, 1.165) is 24.6 Å². The number of piperidine rings is 1. The van der Waals surface area contributed by atoms with Crippen molar-refractivity contribution in [2.75, 3.05) is 41.5 Å². The first-order valence-corrected chi connectivity index (χ1v) is 8.77. The second kappa shape index (κ2) is 8.83. The second-order valence-electron chi connectivity index (χ2n) is 6.75. The van der Waals surface area contributed by atoms with E-state index in [1.54, 1.807) is 21.3 Å². The van der Waals surface area contributed by atoms with E-state index in [1.165, 1.54) is 6.42 Å². The number of rotatable bonds is 5. The predicted octanol–water partition coefficient (Wildman–Crippen LogP) is 2.77. The van der Waals surface area contributed by atoms with Gasteiger partial charge in [0.2, 0.25) is 5.75 Å². The van der Waals surface area contributed by atoms with E-state index in [0.29, 0.717) is 35.6 Å². The van der Waals surface area contributed by atoms with Gasteiger partial charge in [0.05, 0.1) is 21.3 Å². The highest BCUT2D eigenvalue weighted by atomic mass is 16.5. The lowest BCUT2D eigenvalue weighted by molar-refractivity contribution is 0.208. The van der Waals surface area contributed by atoms with Crippen molar-refractivity contribution in [3.05, 3.63) is 17.7 Å². The van der Waals surface area contributed by atoms with Crippen molar-refractivity contribution in [3.63, 3.8) is 0 Å². The third kappa shape index (κ3) is 4.50. The highest BCUT2D eigenvalue weighted by Crippen LogP contribution is 2.39. The lowest BCUT2D eigenvalue weighted by atomic mass is 9.92. The van der Waals surface area contributed by atoms with E-state index in [2.05, 4.69) is 29.1 Å². The fourth-order valence-electron chi connectivity index (χ4n) is 3.64. The van der Waals surface area contributed by atoms with Crippen LogP contribution in [0.15, 0.2) is 17.1 Å². The highest BCUT2D eigenvalue weighted by molar-refractivity contribution is 5.80. The van der Waals surface area contributed by atoms with Crippen LogP contribution < -0.4 is 19.5 Å². The molecule has 1 aromatic carbocycles. The third-order valence-corrected chi connectivity index (χ3v) is 4.60. The number of aliphatic imine (C=N–C) groups is 1. The van der Waals surface area contributed by atoms with Crippen molar-refractivity contribution < 1.29 is 14.2 Å². The van der Waals surface area contributed by atoms with E-state index in [9.17, 15) is 0 Å². The molecule has 1 heterocycles. The fourth-order valence-corrected chi connectivity index (χ4v) is 3.64. The minimum absolute atomic E-state index is 0.607. The van der Waals surface area contributed by atoms with Gasteiger partial charge in [0.15, 0.2) is 17.5 Å². The number of hydrogen-bond acceptors (Lipinski definition) is 4. The normalized spacial score (nSPS) is 21.0. The lowest BCUT2D eigenvalue weighted by Crippen LogP contribution is -2.48. The van der Waals surface area contributed by atoms with Crippen molar-refractivity contribution >= 4 is 5.96 Å². The van der Waals surface area contributed by atoms with Crippen LogP contribution in [0.2, 0.25) is 0 Å². The van der Waals surface area contributed by atoms with Gasteiger partial charge in [0.25, 0.3) is 0 Å². The molecule has 0 radical (unpaired) electrons. The van der Waals surface area contributed by atoms with Crippen LogP contribution in [0.1, 0.15) is 25.8 Å². The summed E-state index contributed by atoms with van der Waals surface area (Å²) in [5.74, 6) is 4.24. The van der Waals surface area contributed by atoms with E-state index in [-0.39, 0.29) is 0 Å². The number of methoxy groups -OCH3 is 3. The molecule has 1 aromatic rings. The Kier molecular flexibility index (Phi) is 6.79. The van der Waals surface area contributed by atoms with Crippen molar-refractivity contribution in [3.8, 4) is 17.2 Å². The number of nitrogens with one attached hydrogen (secondary N) is 1. The van der Waals surface area contributed by atoms with Crippen LogP contribution >= 0.6 is 0 Å². The predicted molar refractivity (Wildman–Crippen MR) is 101 cm³/mol. The van der Waals surface area contributed by atoms with Crippen molar-refractivity contribution in [1.82, 2.24) is 10.2 Å². The Labute approximate surface area is 151 Å². The summed E-state index contributed by atoms with van der Waals surface area (Å²) >= 11 is 0. The van der Waals surface area contributed by atoms with Gasteiger partial charge in [-0.2, -0.15) is 0 Å². The SMILES string of the molecule is CN=C(NCc1ccc(OC)c(OC)c1OC)N1CC(C)CC(C)C1. The molecule has 0 amide bonds. The van der Waals surface area contributed by atoms with Gasteiger partial charge in [0, 0.05) is 32.2 Å². The van der Waals surface area contributed by atoms with Crippen molar-refractivity contribution in [1.29, 1.82) is 0 Å². The number of ether oxygens (including phenoxy) is 3. The molecule has 1 aliphatic heterocycles. The summed E-state index contributed by atoms with van der Waals surface area (Å²) in [5, 5.41) is 3.46. The Balaban J connectivity index is 2.14. The average Bonchev–Trinajstić information content (AvgIpc) is 2.60. The summed E-state index contributed by atoms with van der Waals surface area (Å²) in [6, 6.07) is 3.88. The van der Waals surface area contributed by atoms with Gasteiger partial charge in [-0.05, 0) is 30.4 Å². The number of likely N-dealkylation sites (tertiary alicyclic amines) is 1. The molecule has 0 saturated carbocycles. The molecule has 2 atom stereocenters. The lowest BCUT2D eigenvalue weighted by Gasteiger charge is -2.37. The Hall–Kier alpha value is -2.11. The summed E-state index contributed by atoms with van der Waals surface area (Å²) in [5.41, 5.74) is 0.999. The number of benzene rings is 1. The van der Waals surface area contributed by atoms with Gasteiger partial charge >= 0.3 is 0 Å². The first-order valence-electron chi connectivity index (χ1n) is 8.77. The van der Waals surface area contributed by atoms with Gasteiger partial charge in [-0.1, -0.05) is 13.8 Å². The van der Waals surface area contributed by atoms with Crippen LogP contribution in [0.4, 0.5) is 0 Å². The maximum absolute atomic E-state index is 5.56. The zero-order valence-electron chi connectivity index (χ0n) is 16.3. The minimum Gasteiger partial charge on any atom is -0.493 e. The standard InChI is InChI=1S/C19H31N3O3/c1-13-9-14(2)12-22(11-13)19(20-3)21-10-15-7-8-16(23-4)18(25-6)17(15)24-5/h7-8,13-14H,9-12H2,1-6H3,(H,20,21). The van der Waals surface area contributed by atoms with E-state index >= 15 is 0 Å². The molecule has 1 fully saturated rings. The van der Waals surface area contributed by atoms with Crippen molar-refractivity contribution in [2.45, 2.75) is 26.8 Å². The fraction of sp³-hybridized carbons (Fsp3) is 0.632. The first kappa shape index (κ1) is 19.2.